The Hall–Kier alpha value is -0.901. The Balaban J connectivity index is 1.74. The van der Waals surface area contributed by atoms with E-state index >= 15 is 4.39 Å². The molecule has 1 heterocycles. The van der Waals surface area contributed by atoms with Crippen molar-refractivity contribution in [1.29, 1.82) is 0 Å². The molecule has 1 saturated heterocycles. The van der Waals surface area contributed by atoms with E-state index in [9.17, 15) is 9.90 Å². The summed E-state index contributed by atoms with van der Waals surface area (Å²) in [6, 6.07) is 9.73. The normalized spacial score (nSPS) is 46.4. The van der Waals surface area contributed by atoms with Crippen LogP contribution in [-0.2, 0) is 9.53 Å². The van der Waals surface area contributed by atoms with Gasteiger partial charge in [-0.2, -0.15) is 0 Å². The number of hydrogen-bond donors (Lipinski definition) is 1. The molecular formula is C17H19FO3Se. The van der Waals surface area contributed by atoms with Crippen molar-refractivity contribution in [2.45, 2.75) is 48.4 Å². The minimum atomic E-state index is -1.43. The molecule has 1 aliphatic heterocycles. The Morgan fingerprint density at radius 3 is 2.77 bits per heavy atom. The summed E-state index contributed by atoms with van der Waals surface area (Å²) in [5.41, 5.74) is -2.58. The van der Waals surface area contributed by atoms with Crippen molar-refractivity contribution < 1.29 is 19.0 Å². The molecule has 1 N–H and O–H groups in total. The van der Waals surface area contributed by atoms with Gasteiger partial charge in [0, 0.05) is 0 Å². The van der Waals surface area contributed by atoms with Gasteiger partial charge in [0.15, 0.2) is 0 Å². The van der Waals surface area contributed by atoms with Crippen molar-refractivity contribution in [3.8, 4) is 0 Å². The number of carbonyl (C=O) groups is 1. The Labute approximate surface area is 135 Å². The van der Waals surface area contributed by atoms with Crippen molar-refractivity contribution in [3.63, 3.8) is 0 Å². The molecule has 2 aliphatic carbocycles. The third-order valence-corrected chi connectivity index (χ3v) is 8.78. The summed E-state index contributed by atoms with van der Waals surface area (Å²) in [5, 5.41) is 11.2. The standard InChI is InChI=1S/C17H19FO3Se/c1-16(18)9-10-7-8-12-17(10,20)13(15(19)21-12)14(16)22-11-5-3-2-4-6-11/h2-6,10,12-14,20H,7-9H2,1H3/t10?,12-,13?,14?,16+,17-/m1/s1. The first-order valence-electron chi connectivity index (χ1n) is 7.76. The van der Waals surface area contributed by atoms with Crippen molar-refractivity contribution in [2.75, 3.05) is 0 Å². The predicted octanol–water partition coefficient (Wildman–Crippen LogP) is 1.62. The van der Waals surface area contributed by atoms with E-state index in [2.05, 4.69) is 0 Å². The summed E-state index contributed by atoms with van der Waals surface area (Å²) < 4.78 is 21.8. The number of hydrogen-bond acceptors (Lipinski definition) is 3. The summed E-state index contributed by atoms with van der Waals surface area (Å²) in [7, 11) is 0. The van der Waals surface area contributed by atoms with Crippen LogP contribution < -0.4 is 4.46 Å². The third kappa shape index (κ3) is 1.92. The molecule has 118 valence electrons. The second-order valence-corrected chi connectivity index (χ2v) is 9.45. The topological polar surface area (TPSA) is 46.5 Å². The zero-order chi connectivity index (χ0) is 15.5. The van der Waals surface area contributed by atoms with E-state index in [4.69, 9.17) is 4.74 Å². The van der Waals surface area contributed by atoms with E-state index in [1.165, 1.54) is 0 Å². The average molecular weight is 369 g/mol. The summed E-state index contributed by atoms with van der Waals surface area (Å²) >= 11 is -0.216. The molecule has 0 spiro atoms. The molecule has 1 aromatic rings. The number of alkyl halides is 1. The molecule has 2 saturated carbocycles. The second-order valence-electron chi connectivity index (χ2n) is 6.90. The van der Waals surface area contributed by atoms with E-state index in [0.29, 0.717) is 12.8 Å². The van der Waals surface area contributed by atoms with Gasteiger partial charge in [-0.15, -0.1) is 0 Å². The molecule has 0 aromatic heterocycles. The molecule has 4 rings (SSSR count). The van der Waals surface area contributed by atoms with Gasteiger partial charge in [-0.25, -0.2) is 0 Å². The van der Waals surface area contributed by atoms with Crippen LogP contribution in [0.4, 0.5) is 4.39 Å². The van der Waals surface area contributed by atoms with Gasteiger partial charge in [0.2, 0.25) is 0 Å². The van der Waals surface area contributed by atoms with E-state index in [1.807, 2.05) is 30.3 Å². The maximum absolute atomic E-state index is 15.4. The number of aliphatic hydroxyl groups is 1. The Kier molecular flexibility index (Phi) is 3.20. The number of benzene rings is 1. The van der Waals surface area contributed by atoms with Crippen LogP contribution in [0.5, 0.6) is 0 Å². The Morgan fingerprint density at radius 1 is 1.32 bits per heavy atom. The van der Waals surface area contributed by atoms with Gasteiger partial charge in [0.05, 0.1) is 0 Å². The first-order valence-corrected chi connectivity index (χ1v) is 9.61. The summed E-state index contributed by atoms with van der Waals surface area (Å²) in [4.78, 5) is 11.9. The van der Waals surface area contributed by atoms with Crippen LogP contribution in [0.25, 0.3) is 0 Å². The fraction of sp³-hybridized carbons (Fsp3) is 0.588. The van der Waals surface area contributed by atoms with E-state index < -0.39 is 34.1 Å². The number of carbonyl (C=O) groups excluding carboxylic acids is 1. The van der Waals surface area contributed by atoms with Gasteiger partial charge in [-0.05, 0) is 0 Å². The van der Waals surface area contributed by atoms with Crippen LogP contribution in [0.3, 0.4) is 0 Å². The fourth-order valence-electron chi connectivity index (χ4n) is 4.50. The maximum atomic E-state index is 15.4. The van der Waals surface area contributed by atoms with Gasteiger partial charge in [0.1, 0.15) is 0 Å². The molecule has 0 bridgehead atoms. The molecule has 3 nitrogen and oxygen atoms in total. The van der Waals surface area contributed by atoms with Crippen LogP contribution in [0, 0.1) is 11.8 Å². The first kappa shape index (κ1) is 14.7. The summed E-state index contributed by atoms with van der Waals surface area (Å²) in [5.74, 6) is -1.27. The fourth-order valence-corrected chi connectivity index (χ4v) is 7.47. The van der Waals surface area contributed by atoms with Gasteiger partial charge in [-0.3, -0.25) is 0 Å². The van der Waals surface area contributed by atoms with Gasteiger partial charge in [-0.1, -0.05) is 0 Å². The monoisotopic (exact) mass is 370 g/mol. The zero-order valence-corrected chi connectivity index (χ0v) is 14.1. The van der Waals surface area contributed by atoms with Crippen molar-refractivity contribution in [3.05, 3.63) is 30.3 Å². The van der Waals surface area contributed by atoms with Crippen molar-refractivity contribution in [2.24, 2.45) is 11.8 Å². The van der Waals surface area contributed by atoms with Crippen LogP contribution in [-0.4, -0.2) is 43.4 Å². The van der Waals surface area contributed by atoms with E-state index in [0.717, 1.165) is 10.9 Å². The van der Waals surface area contributed by atoms with Crippen molar-refractivity contribution >= 4 is 25.4 Å². The van der Waals surface area contributed by atoms with E-state index in [-0.39, 0.29) is 20.9 Å². The minimum absolute atomic E-state index is 0.160. The summed E-state index contributed by atoms with van der Waals surface area (Å²) in [6.07, 6.45) is 1.30. The third-order valence-electron chi connectivity index (χ3n) is 5.51. The molecule has 0 amide bonds. The van der Waals surface area contributed by atoms with Crippen molar-refractivity contribution in [1.82, 2.24) is 0 Å². The van der Waals surface area contributed by atoms with Crippen LogP contribution in [0.15, 0.2) is 30.3 Å². The summed E-state index contributed by atoms with van der Waals surface area (Å²) in [6.45, 7) is 1.60. The van der Waals surface area contributed by atoms with Gasteiger partial charge >= 0.3 is 135 Å². The first-order chi connectivity index (χ1) is 10.4. The average Bonchev–Trinajstić information content (AvgIpc) is 2.90. The van der Waals surface area contributed by atoms with Crippen LogP contribution >= 0.6 is 0 Å². The molecule has 0 radical (unpaired) electrons. The number of esters is 1. The molecule has 1 aromatic carbocycles. The molecule has 3 aliphatic rings. The molecule has 6 atom stereocenters. The molecular weight excluding hydrogens is 350 g/mol. The SMILES string of the molecule is C[C@]1(F)CC2CC[C@H]3OC(=O)C(C1[Se]c1ccccc1)[C@@]23O. The number of halogens is 1. The van der Waals surface area contributed by atoms with Crippen LogP contribution in [0.1, 0.15) is 26.2 Å². The quantitative estimate of drug-likeness (QED) is 0.637. The van der Waals surface area contributed by atoms with Crippen LogP contribution in [0.2, 0.25) is 4.82 Å². The Bertz CT molecular complexity index is 605. The molecule has 3 fully saturated rings. The molecule has 3 unspecified atom stereocenters. The van der Waals surface area contributed by atoms with E-state index in [1.54, 1.807) is 6.92 Å². The second kappa shape index (κ2) is 4.80. The zero-order valence-electron chi connectivity index (χ0n) is 12.4. The Morgan fingerprint density at radius 2 is 2.05 bits per heavy atom. The number of rotatable bonds is 2. The van der Waals surface area contributed by atoms with Gasteiger partial charge < -0.3 is 0 Å². The predicted molar refractivity (Wildman–Crippen MR) is 80.8 cm³/mol. The number of ether oxygens (including phenoxy) is 1. The van der Waals surface area contributed by atoms with Gasteiger partial charge in [0.25, 0.3) is 0 Å². The molecule has 22 heavy (non-hydrogen) atoms. The molecule has 5 heteroatoms.